The van der Waals surface area contributed by atoms with Crippen LogP contribution in [0.5, 0.6) is 5.75 Å². The predicted molar refractivity (Wildman–Crippen MR) is 101 cm³/mol. The van der Waals surface area contributed by atoms with E-state index in [1.54, 1.807) is 0 Å². The van der Waals surface area contributed by atoms with Gasteiger partial charge in [-0.1, -0.05) is 0 Å². The topological polar surface area (TPSA) is 56.8 Å². The minimum atomic E-state index is -0.0776. The fourth-order valence-corrected chi connectivity index (χ4v) is 2.57. The van der Waals surface area contributed by atoms with Crippen LogP contribution in [-0.4, -0.2) is 56.7 Å². The van der Waals surface area contributed by atoms with Gasteiger partial charge in [-0.05, 0) is 49.0 Å². The van der Waals surface area contributed by atoms with Gasteiger partial charge in [0.05, 0.1) is 25.5 Å². The van der Waals surface area contributed by atoms with Gasteiger partial charge < -0.3 is 19.5 Å². The lowest BCUT2D eigenvalue weighted by molar-refractivity contribution is -0.115. The molecule has 24 heavy (non-hydrogen) atoms. The quantitative estimate of drug-likeness (QED) is 0.585. The molecule has 1 atom stereocenters. The smallest absolute Gasteiger partial charge is 0.229 e. The van der Waals surface area contributed by atoms with E-state index in [2.05, 4.69) is 17.8 Å². The maximum atomic E-state index is 11.8. The summed E-state index contributed by atoms with van der Waals surface area (Å²) < 4.78 is 16.7. The van der Waals surface area contributed by atoms with Crippen LogP contribution in [0.25, 0.3) is 0 Å². The van der Waals surface area contributed by atoms with Gasteiger partial charge in [0.25, 0.3) is 0 Å². The molecule has 1 aromatic rings. The van der Waals surface area contributed by atoms with Gasteiger partial charge in [-0.15, -0.1) is 0 Å². The molecule has 0 radical (unpaired) electrons. The number of anilines is 1. The summed E-state index contributed by atoms with van der Waals surface area (Å²) in [5.41, 5.74) is 0.787. The molecule has 0 heterocycles. The van der Waals surface area contributed by atoms with Crippen LogP contribution in [0.4, 0.5) is 5.69 Å². The van der Waals surface area contributed by atoms with E-state index in [4.69, 9.17) is 14.2 Å². The zero-order chi connectivity index (χ0) is 17.8. The van der Waals surface area contributed by atoms with E-state index in [1.165, 1.54) is 0 Å². The second-order valence-corrected chi connectivity index (χ2v) is 7.94. The first-order chi connectivity index (χ1) is 11.5. The fourth-order valence-electron chi connectivity index (χ4n) is 1.97. The van der Waals surface area contributed by atoms with Crippen molar-refractivity contribution in [1.29, 1.82) is 0 Å². The molecule has 0 fully saturated rings. The van der Waals surface area contributed by atoms with Gasteiger partial charge in [-0.3, -0.25) is 4.79 Å². The highest BCUT2D eigenvalue weighted by atomic mass is 32.2. The van der Waals surface area contributed by atoms with E-state index in [-0.39, 0.29) is 22.9 Å². The van der Waals surface area contributed by atoms with Crippen molar-refractivity contribution in [3.8, 4) is 5.75 Å². The van der Waals surface area contributed by atoms with E-state index in [9.17, 15) is 4.79 Å². The van der Waals surface area contributed by atoms with Gasteiger partial charge in [-0.25, -0.2) is 0 Å². The number of ether oxygens (including phenoxy) is 3. The molecule has 0 spiro atoms. The summed E-state index contributed by atoms with van der Waals surface area (Å²) in [4.78, 5) is 11.8. The summed E-state index contributed by atoms with van der Waals surface area (Å²) in [6.07, 6.45) is 4.76. The third-order valence-corrected chi connectivity index (χ3v) is 4.24. The van der Waals surface area contributed by atoms with Crippen LogP contribution in [-0.2, 0) is 25.2 Å². The standard InChI is InChI=1S/C18H29NO4S/c1-5-21-13-17(22-6-2)14-23-16-9-7-15(8-10-16)19-18(20)11-12-24(3)4/h7-10,17H,5-6,11-14H2,1-4H3/p+1/t17-/m1/s1. The number of carbonyl (C=O) groups excluding carboxylic acids is 1. The molecule has 136 valence electrons. The first kappa shape index (κ1) is 20.8. The van der Waals surface area contributed by atoms with Crippen molar-refractivity contribution < 1.29 is 19.0 Å². The van der Waals surface area contributed by atoms with Crippen molar-refractivity contribution in [3.05, 3.63) is 24.3 Å². The molecule has 0 unspecified atom stereocenters. The Hall–Kier alpha value is -1.24. The molecule has 0 aromatic heterocycles. The van der Waals surface area contributed by atoms with Crippen LogP contribution in [0.3, 0.4) is 0 Å². The first-order valence-electron chi connectivity index (χ1n) is 8.31. The van der Waals surface area contributed by atoms with Gasteiger partial charge >= 0.3 is 0 Å². The summed E-state index contributed by atoms with van der Waals surface area (Å²) in [6, 6.07) is 7.40. The van der Waals surface area contributed by atoms with Gasteiger partial charge in [0.15, 0.2) is 0 Å². The molecule has 6 heteroatoms. The molecule has 0 aliphatic carbocycles. The Balaban J connectivity index is 2.41. The van der Waals surface area contributed by atoms with E-state index in [0.717, 1.165) is 17.2 Å². The third-order valence-electron chi connectivity index (χ3n) is 3.22. The zero-order valence-electron chi connectivity index (χ0n) is 15.2. The van der Waals surface area contributed by atoms with Crippen LogP contribution < -0.4 is 10.1 Å². The molecule has 1 rings (SSSR count). The molecule has 1 amide bonds. The Bertz CT molecular complexity index is 465. The summed E-state index contributed by atoms with van der Waals surface area (Å²) >= 11 is 0. The Morgan fingerprint density at radius 3 is 2.42 bits per heavy atom. The summed E-state index contributed by atoms with van der Waals surface area (Å²) in [5.74, 6) is 1.72. The minimum Gasteiger partial charge on any atom is -0.491 e. The second kappa shape index (κ2) is 12.2. The molecule has 0 aliphatic heterocycles. The average Bonchev–Trinajstić information content (AvgIpc) is 2.57. The molecule has 1 aromatic carbocycles. The van der Waals surface area contributed by atoms with Crippen molar-refractivity contribution in [3.63, 3.8) is 0 Å². The van der Waals surface area contributed by atoms with E-state index in [1.807, 2.05) is 38.1 Å². The number of benzene rings is 1. The van der Waals surface area contributed by atoms with Gasteiger partial charge in [0, 0.05) is 18.9 Å². The maximum Gasteiger partial charge on any atom is 0.229 e. The van der Waals surface area contributed by atoms with Gasteiger partial charge in [-0.2, -0.15) is 0 Å². The first-order valence-corrected chi connectivity index (χ1v) is 10.5. The molecule has 0 aliphatic rings. The lowest BCUT2D eigenvalue weighted by atomic mass is 10.3. The van der Waals surface area contributed by atoms with Gasteiger partial charge in [0.2, 0.25) is 5.91 Å². The highest BCUT2D eigenvalue weighted by Crippen LogP contribution is 2.16. The lowest BCUT2D eigenvalue weighted by Gasteiger charge is -2.17. The van der Waals surface area contributed by atoms with Crippen molar-refractivity contribution >= 4 is 22.5 Å². The van der Waals surface area contributed by atoms with Crippen molar-refractivity contribution in [2.45, 2.75) is 26.4 Å². The largest absolute Gasteiger partial charge is 0.491 e. The minimum absolute atomic E-state index is 0.0537. The normalized spacial score (nSPS) is 12.2. The van der Waals surface area contributed by atoms with Crippen molar-refractivity contribution in [1.82, 2.24) is 0 Å². The molecule has 0 saturated carbocycles. The maximum absolute atomic E-state index is 11.8. The predicted octanol–water partition coefficient (Wildman–Crippen LogP) is 2.71. The summed E-state index contributed by atoms with van der Waals surface area (Å²) in [5, 5.41) is 2.90. The number of rotatable bonds is 12. The van der Waals surface area contributed by atoms with Crippen LogP contribution in [0, 0.1) is 0 Å². The van der Waals surface area contributed by atoms with Crippen LogP contribution >= 0.6 is 0 Å². The number of hydrogen-bond donors (Lipinski definition) is 1. The monoisotopic (exact) mass is 356 g/mol. The van der Waals surface area contributed by atoms with Crippen molar-refractivity contribution in [2.24, 2.45) is 0 Å². The number of carbonyl (C=O) groups is 1. The van der Waals surface area contributed by atoms with Crippen LogP contribution in [0.1, 0.15) is 20.3 Å². The van der Waals surface area contributed by atoms with Gasteiger partial charge in [0.1, 0.15) is 24.2 Å². The zero-order valence-corrected chi connectivity index (χ0v) is 16.0. The van der Waals surface area contributed by atoms with Crippen molar-refractivity contribution in [2.75, 3.05) is 50.0 Å². The molecular weight excluding hydrogens is 326 g/mol. The fraction of sp³-hybridized carbons (Fsp3) is 0.611. The van der Waals surface area contributed by atoms with E-state index >= 15 is 0 Å². The number of nitrogens with one attached hydrogen (secondary N) is 1. The highest BCUT2D eigenvalue weighted by molar-refractivity contribution is 7.95. The van der Waals surface area contributed by atoms with Crippen LogP contribution in [0.2, 0.25) is 0 Å². The third kappa shape index (κ3) is 9.15. The Morgan fingerprint density at radius 2 is 1.83 bits per heavy atom. The average molecular weight is 357 g/mol. The Kier molecular flexibility index (Phi) is 10.5. The molecular formula is C18H30NO4S+. The second-order valence-electron chi connectivity index (χ2n) is 5.56. The Morgan fingerprint density at radius 1 is 1.12 bits per heavy atom. The molecule has 5 nitrogen and oxygen atoms in total. The van der Waals surface area contributed by atoms with Crippen LogP contribution in [0.15, 0.2) is 24.3 Å². The molecule has 1 N–H and O–H groups in total. The highest BCUT2D eigenvalue weighted by Gasteiger charge is 2.11. The molecule has 0 saturated heterocycles. The number of amides is 1. The molecule has 0 bridgehead atoms. The van der Waals surface area contributed by atoms with E-state index in [0.29, 0.717) is 32.8 Å². The SMILES string of the molecule is CCOC[C@H](COc1ccc(NC(=O)CC[S+](C)C)cc1)OCC. The summed E-state index contributed by atoms with van der Waals surface area (Å²) in [6.45, 7) is 6.16. The van der Waals surface area contributed by atoms with E-state index < -0.39 is 0 Å². The number of hydrogen-bond acceptors (Lipinski definition) is 4. The lowest BCUT2D eigenvalue weighted by Crippen LogP contribution is -2.27. The summed E-state index contributed by atoms with van der Waals surface area (Å²) in [7, 11) is 0.287. The Labute approximate surface area is 148 Å².